The number of nitrogens with zero attached hydrogens (tertiary/aromatic N) is 2. The van der Waals surface area contributed by atoms with Crippen molar-refractivity contribution in [2.45, 2.75) is 45.4 Å². The van der Waals surface area contributed by atoms with Gasteiger partial charge in [0.1, 0.15) is 0 Å². The Labute approximate surface area is 123 Å². The average molecular weight is 281 g/mol. The van der Waals surface area contributed by atoms with Gasteiger partial charge in [0.2, 0.25) is 5.91 Å². The van der Waals surface area contributed by atoms with E-state index < -0.39 is 0 Å². The first kappa shape index (κ1) is 15.8. The number of amides is 1. The monoisotopic (exact) mass is 281 g/mol. The molecule has 2 saturated heterocycles. The third-order valence-corrected chi connectivity index (χ3v) is 4.95. The number of piperidine rings is 2. The molecule has 0 atom stereocenters. The number of likely N-dealkylation sites (tertiary alicyclic amines) is 2. The van der Waals surface area contributed by atoms with Gasteiger partial charge in [-0.25, -0.2) is 0 Å². The zero-order valence-corrected chi connectivity index (χ0v) is 13.0. The molecule has 1 amide bonds. The number of rotatable bonds is 5. The molecule has 4 nitrogen and oxygen atoms in total. The Kier molecular flexibility index (Phi) is 6.30. The van der Waals surface area contributed by atoms with E-state index in [1.54, 1.807) is 0 Å². The lowest BCUT2D eigenvalue weighted by molar-refractivity contribution is -0.132. The molecule has 2 aliphatic heterocycles. The first-order valence-corrected chi connectivity index (χ1v) is 8.39. The van der Waals surface area contributed by atoms with Crippen LogP contribution in [0.3, 0.4) is 0 Å². The lowest BCUT2D eigenvalue weighted by atomic mass is 9.93. The summed E-state index contributed by atoms with van der Waals surface area (Å²) in [5, 5.41) is 0. The van der Waals surface area contributed by atoms with E-state index in [9.17, 15) is 4.79 Å². The summed E-state index contributed by atoms with van der Waals surface area (Å²) < 4.78 is 0. The smallest absolute Gasteiger partial charge is 0.222 e. The van der Waals surface area contributed by atoms with Crippen LogP contribution in [0.5, 0.6) is 0 Å². The number of carbonyl (C=O) groups is 1. The Hall–Kier alpha value is -0.610. The topological polar surface area (TPSA) is 49.6 Å². The molecule has 0 aromatic rings. The van der Waals surface area contributed by atoms with E-state index in [1.807, 2.05) is 4.90 Å². The molecule has 2 N–H and O–H groups in total. The van der Waals surface area contributed by atoms with E-state index in [2.05, 4.69) is 11.8 Å². The molecule has 0 aromatic heterocycles. The molecule has 0 unspecified atom stereocenters. The molecular weight excluding hydrogens is 250 g/mol. The van der Waals surface area contributed by atoms with Gasteiger partial charge in [-0.1, -0.05) is 6.92 Å². The maximum atomic E-state index is 11.9. The molecule has 0 aliphatic carbocycles. The fourth-order valence-electron chi connectivity index (χ4n) is 3.39. The molecule has 4 heteroatoms. The van der Waals surface area contributed by atoms with Crippen molar-refractivity contribution in [1.82, 2.24) is 9.80 Å². The van der Waals surface area contributed by atoms with Gasteiger partial charge in [-0.15, -0.1) is 0 Å². The molecule has 0 saturated carbocycles. The van der Waals surface area contributed by atoms with E-state index in [0.29, 0.717) is 18.9 Å². The van der Waals surface area contributed by atoms with Crippen molar-refractivity contribution in [1.29, 1.82) is 0 Å². The number of hydrogen-bond acceptors (Lipinski definition) is 3. The van der Waals surface area contributed by atoms with Crippen molar-refractivity contribution >= 4 is 5.91 Å². The van der Waals surface area contributed by atoms with E-state index in [0.717, 1.165) is 31.3 Å². The second-order valence-electron chi connectivity index (χ2n) is 6.70. The van der Waals surface area contributed by atoms with Gasteiger partial charge in [0.05, 0.1) is 0 Å². The highest BCUT2D eigenvalue weighted by Gasteiger charge is 2.25. The molecule has 2 fully saturated rings. The van der Waals surface area contributed by atoms with Crippen LogP contribution in [-0.2, 0) is 4.79 Å². The van der Waals surface area contributed by atoms with Gasteiger partial charge in [0.25, 0.3) is 0 Å². The highest BCUT2D eigenvalue weighted by atomic mass is 16.2. The summed E-state index contributed by atoms with van der Waals surface area (Å²) >= 11 is 0. The Morgan fingerprint density at radius 1 is 1.10 bits per heavy atom. The predicted molar refractivity (Wildman–Crippen MR) is 82.4 cm³/mol. The fraction of sp³-hybridized carbons (Fsp3) is 0.938. The lowest BCUT2D eigenvalue weighted by Crippen LogP contribution is -2.43. The van der Waals surface area contributed by atoms with E-state index in [-0.39, 0.29) is 0 Å². The fourth-order valence-corrected chi connectivity index (χ4v) is 3.39. The zero-order chi connectivity index (χ0) is 14.4. The maximum absolute atomic E-state index is 11.9. The quantitative estimate of drug-likeness (QED) is 0.834. The Morgan fingerprint density at radius 3 is 2.35 bits per heavy atom. The summed E-state index contributed by atoms with van der Waals surface area (Å²) in [6.45, 7) is 8.69. The van der Waals surface area contributed by atoms with Crippen LogP contribution in [-0.4, -0.2) is 55.0 Å². The second kappa shape index (κ2) is 7.99. The van der Waals surface area contributed by atoms with Crippen molar-refractivity contribution in [3.8, 4) is 0 Å². The Morgan fingerprint density at radius 2 is 1.75 bits per heavy atom. The standard InChI is InChI=1S/C16H31N3O/c1-14-4-9-18(10-5-14)13-15-6-11-19(12-7-15)16(20)3-2-8-17/h14-15H,2-13,17H2,1H3. The normalized spacial score (nSPS) is 23.2. The van der Waals surface area contributed by atoms with Gasteiger partial charge < -0.3 is 15.5 Å². The van der Waals surface area contributed by atoms with Gasteiger partial charge in [0.15, 0.2) is 0 Å². The summed E-state index contributed by atoms with van der Waals surface area (Å²) in [5.41, 5.74) is 5.47. The summed E-state index contributed by atoms with van der Waals surface area (Å²) in [7, 11) is 0. The van der Waals surface area contributed by atoms with Crippen LogP contribution in [0.1, 0.15) is 45.4 Å². The van der Waals surface area contributed by atoms with Crippen LogP contribution >= 0.6 is 0 Å². The summed E-state index contributed by atoms with van der Waals surface area (Å²) in [5.74, 6) is 2.01. The molecule has 0 radical (unpaired) electrons. The minimum atomic E-state index is 0.306. The van der Waals surface area contributed by atoms with Gasteiger partial charge in [0, 0.05) is 26.1 Å². The summed E-state index contributed by atoms with van der Waals surface area (Å²) in [6, 6.07) is 0. The van der Waals surface area contributed by atoms with E-state index in [1.165, 1.54) is 45.3 Å². The van der Waals surface area contributed by atoms with Gasteiger partial charge in [-0.3, -0.25) is 4.79 Å². The van der Waals surface area contributed by atoms with Crippen LogP contribution < -0.4 is 5.73 Å². The van der Waals surface area contributed by atoms with Crippen molar-refractivity contribution < 1.29 is 4.79 Å². The molecule has 2 heterocycles. The first-order chi connectivity index (χ1) is 9.69. The van der Waals surface area contributed by atoms with Crippen LogP contribution in [0.15, 0.2) is 0 Å². The van der Waals surface area contributed by atoms with E-state index in [4.69, 9.17) is 5.73 Å². The minimum absolute atomic E-state index is 0.306. The molecule has 116 valence electrons. The second-order valence-corrected chi connectivity index (χ2v) is 6.70. The highest BCUT2D eigenvalue weighted by Crippen LogP contribution is 2.22. The van der Waals surface area contributed by atoms with Gasteiger partial charge in [-0.05, 0) is 63.6 Å². The molecule has 2 aliphatic rings. The zero-order valence-electron chi connectivity index (χ0n) is 13.0. The number of carbonyl (C=O) groups excluding carboxylic acids is 1. The largest absolute Gasteiger partial charge is 0.343 e. The predicted octanol–water partition coefficient (Wildman–Crippen LogP) is 1.70. The van der Waals surface area contributed by atoms with Crippen LogP contribution in [0.2, 0.25) is 0 Å². The third-order valence-electron chi connectivity index (χ3n) is 4.95. The number of nitrogens with two attached hydrogens (primary N) is 1. The van der Waals surface area contributed by atoms with Crippen molar-refractivity contribution in [3.05, 3.63) is 0 Å². The van der Waals surface area contributed by atoms with Gasteiger partial charge in [-0.2, -0.15) is 0 Å². The first-order valence-electron chi connectivity index (χ1n) is 8.39. The van der Waals surface area contributed by atoms with Crippen LogP contribution in [0, 0.1) is 11.8 Å². The Balaban J connectivity index is 1.65. The summed E-state index contributed by atoms with van der Waals surface area (Å²) in [4.78, 5) is 16.6. The summed E-state index contributed by atoms with van der Waals surface area (Å²) in [6.07, 6.45) is 6.53. The third kappa shape index (κ3) is 4.74. The highest BCUT2D eigenvalue weighted by molar-refractivity contribution is 5.76. The molecule has 0 spiro atoms. The SMILES string of the molecule is CC1CCN(CC2CCN(C(=O)CCCN)CC2)CC1. The van der Waals surface area contributed by atoms with Crippen LogP contribution in [0.4, 0.5) is 0 Å². The van der Waals surface area contributed by atoms with Crippen molar-refractivity contribution in [3.63, 3.8) is 0 Å². The molecule has 0 bridgehead atoms. The number of hydrogen-bond donors (Lipinski definition) is 1. The maximum Gasteiger partial charge on any atom is 0.222 e. The van der Waals surface area contributed by atoms with Gasteiger partial charge >= 0.3 is 0 Å². The van der Waals surface area contributed by atoms with E-state index >= 15 is 0 Å². The van der Waals surface area contributed by atoms with Crippen LogP contribution in [0.25, 0.3) is 0 Å². The molecular formula is C16H31N3O. The minimum Gasteiger partial charge on any atom is -0.343 e. The van der Waals surface area contributed by atoms with Crippen molar-refractivity contribution in [2.24, 2.45) is 17.6 Å². The Bertz CT molecular complexity index is 292. The lowest BCUT2D eigenvalue weighted by Gasteiger charge is -2.37. The molecule has 0 aromatic carbocycles. The average Bonchev–Trinajstić information content (AvgIpc) is 2.48. The molecule has 20 heavy (non-hydrogen) atoms. The molecule has 2 rings (SSSR count). The van der Waals surface area contributed by atoms with Crippen molar-refractivity contribution in [2.75, 3.05) is 39.3 Å².